The van der Waals surface area contributed by atoms with E-state index in [1.165, 1.54) is 0 Å². The fourth-order valence-corrected chi connectivity index (χ4v) is 2.47. The summed E-state index contributed by atoms with van der Waals surface area (Å²) in [4.78, 5) is 8.50. The molecule has 0 bridgehead atoms. The maximum Gasteiger partial charge on any atom is 0.225 e. The summed E-state index contributed by atoms with van der Waals surface area (Å²) in [5.41, 5.74) is 8.69. The lowest BCUT2D eigenvalue weighted by molar-refractivity contribution is 0.453. The maximum absolute atomic E-state index is 5.85. The van der Waals surface area contributed by atoms with Gasteiger partial charge in [-0.05, 0) is 47.3 Å². The van der Waals surface area contributed by atoms with E-state index in [4.69, 9.17) is 10.5 Å². The number of nitrogens with two attached hydrogens (primary N) is 1. The Labute approximate surface area is 113 Å². The van der Waals surface area contributed by atoms with Gasteiger partial charge in [0, 0.05) is 11.3 Å². The normalized spacial score (nSPS) is 13.4. The Bertz CT molecular complexity index is 601. The van der Waals surface area contributed by atoms with Crippen molar-refractivity contribution in [1.29, 1.82) is 0 Å². The first kappa shape index (κ1) is 11.5. The van der Waals surface area contributed by atoms with Crippen molar-refractivity contribution in [1.82, 2.24) is 9.97 Å². The monoisotopic (exact) mass is 305 g/mol. The molecule has 5 heteroatoms. The van der Waals surface area contributed by atoms with Crippen LogP contribution >= 0.6 is 15.9 Å². The van der Waals surface area contributed by atoms with E-state index >= 15 is 0 Å². The van der Waals surface area contributed by atoms with E-state index in [-0.39, 0.29) is 0 Å². The molecule has 1 heterocycles. The highest BCUT2D eigenvalue weighted by Gasteiger charge is 2.19. The van der Waals surface area contributed by atoms with Gasteiger partial charge in [-0.1, -0.05) is 6.07 Å². The summed E-state index contributed by atoms with van der Waals surface area (Å²) in [5.74, 6) is 1.33. The third-order valence-electron chi connectivity index (χ3n) is 3.04. The molecule has 0 spiro atoms. The predicted molar refractivity (Wildman–Crippen MR) is 72.7 cm³/mol. The molecule has 0 atom stereocenters. The summed E-state index contributed by atoms with van der Waals surface area (Å²) in [6.45, 7) is 0. The first-order chi connectivity index (χ1) is 8.75. The zero-order valence-corrected chi connectivity index (χ0v) is 11.3. The highest BCUT2D eigenvalue weighted by Crippen LogP contribution is 2.36. The van der Waals surface area contributed by atoms with E-state index in [0.717, 1.165) is 35.0 Å². The van der Waals surface area contributed by atoms with Crippen molar-refractivity contribution in [2.24, 2.45) is 0 Å². The van der Waals surface area contributed by atoms with Gasteiger partial charge in [0.1, 0.15) is 12.1 Å². The van der Waals surface area contributed by atoms with Crippen LogP contribution in [0.2, 0.25) is 0 Å². The van der Waals surface area contributed by atoms with E-state index in [1.54, 1.807) is 6.33 Å². The topological polar surface area (TPSA) is 61.0 Å². The Morgan fingerprint density at radius 3 is 3.00 bits per heavy atom. The third kappa shape index (κ3) is 1.95. The molecule has 92 valence electrons. The quantitative estimate of drug-likeness (QED) is 0.866. The molecule has 1 aromatic heterocycles. The number of fused-ring (bicyclic) bond motifs is 1. The summed E-state index contributed by atoms with van der Waals surface area (Å²) in [7, 11) is 0. The number of ether oxygens (including phenoxy) is 1. The first-order valence-electron chi connectivity index (χ1n) is 5.80. The second-order valence-corrected chi connectivity index (χ2v) is 5.01. The summed E-state index contributed by atoms with van der Waals surface area (Å²) in [6.07, 6.45) is 4.65. The lowest BCUT2D eigenvalue weighted by Crippen LogP contribution is -1.98. The molecular formula is C13H12BrN3O. The number of nitrogen functional groups attached to an aromatic ring is 1. The average molecular weight is 306 g/mol. The van der Waals surface area contributed by atoms with Crippen LogP contribution in [0.1, 0.15) is 17.7 Å². The summed E-state index contributed by atoms with van der Waals surface area (Å²) >= 11 is 3.42. The van der Waals surface area contributed by atoms with Crippen molar-refractivity contribution >= 4 is 21.6 Å². The molecule has 0 aliphatic heterocycles. The second-order valence-electron chi connectivity index (χ2n) is 4.22. The standard InChI is InChI=1S/C13H12BrN3O/c14-12-9(15)4-2-6-11(12)18-13-8-3-1-5-10(8)16-7-17-13/h2,4,6-7H,1,3,5,15H2. The zero-order chi connectivity index (χ0) is 12.5. The molecule has 0 radical (unpaired) electrons. The number of nitrogens with zero attached hydrogens (tertiary/aromatic N) is 2. The minimum absolute atomic E-state index is 0.642. The van der Waals surface area contributed by atoms with E-state index in [1.807, 2.05) is 18.2 Å². The molecule has 0 fully saturated rings. The van der Waals surface area contributed by atoms with Crippen molar-refractivity contribution in [3.8, 4) is 11.6 Å². The van der Waals surface area contributed by atoms with Crippen molar-refractivity contribution < 1.29 is 4.74 Å². The summed E-state index contributed by atoms with van der Waals surface area (Å²) < 4.78 is 6.61. The van der Waals surface area contributed by atoms with Crippen LogP contribution in [0.4, 0.5) is 5.69 Å². The number of benzene rings is 1. The van der Waals surface area contributed by atoms with Crippen molar-refractivity contribution in [2.75, 3.05) is 5.73 Å². The SMILES string of the molecule is Nc1cccc(Oc2ncnc3c2CCC3)c1Br. The third-order valence-corrected chi connectivity index (χ3v) is 3.88. The van der Waals surface area contributed by atoms with Gasteiger partial charge in [-0.2, -0.15) is 0 Å². The highest BCUT2D eigenvalue weighted by molar-refractivity contribution is 9.10. The average Bonchev–Trinajstić information content (AvgIpc) is 2.84. The molecule has 2 N–H and O–H groups in total. The Kier molecular flexibility index (Phi) is 2.91. The molecule has 2 aromatic rings. The number of anilines is 1. The Hall–Kier alpha value is -1.62. The molecule has 1 aliphatic carbocycles. The predicted octanol–water partition coefficient (Wildman–Crippen LogP) is 3.10. The second kappa shape index (κ2) is 4.57. The fraction of sp³-hybridized carbons (Fsp3) is 0.231. The van der Waals surface area contributed by atoms with Crippen LogP contribution in [-0.4, -0.2) is 9.97 Å². The van der Waals surface area contributed by atoms with Crippen molar-refractivity contribution in [3.63, 3.8) is 0 Å². The summed E-state index contributed by atoms with van der Waals surface area (Å²) in [6, 6.07) is 5.54. The van der Waals surface area contributed by atoms with Crippen molar-refractivity contribution in [2.45, 2.75) is 19.3 Å². The molecule has 1 aliphatic rings. The Morgan fingerprint density at radius 1 is 1.22 bits per heavy atom. The van der Waals surface area contributed by atoms with Gasteiger partial charge in [0.2, 0.25) is 5.88 Å². The first-order valence-corrected chi connectivity index (χ1v) is 6.59. The maximum atomic E-state index is 5.85. The van der Waals surface area contributed by atoms with Crippen LogP contribution in [0.5, 0.6) is 11.6 Å². The number of aryl methyl sites for hydroxylation is 1. The molecular weight excluding hydrogens is 294 g/mol. The summed E-state index contributed by atoms with van der Waals surface area (Å²) in [5, 5.41) is 0. The van der Waals surface area contributed by atoms with Gasteiger partial charge in [-0.3, -0.25) is 0 Å². The van der Waals surface area contributed by atoms with Gasteiger partial charge < -0.3 is 10.5 Å². The minimum atomic E-state index is 0.642. The van der Waals surface area contributed by atoms with Gasteiger partial charge in [0.05, 0.1) is 10.2 Å². The molecule has 0 saturated carbocycles. The molecule has 1 aromatic carbocycles. The smallest absolute Gasteiger partial charge is 0.225 e. The van der Waals surface area contributed by atoms with Crippen LogP contribution in [0.15, 0.2) is 29.0 Å². The number of rotatable bonds is 2. The zero-order valence-electron chi connectivity index (χ0n) is 9.69. The van der Waals surface area contributed by atoms with Crippen LogP contribution in [0.25, 0.3) is 0 Å². The fourth-order valence-electron chi connectivity index (χ4n) is 2.13. The van der Waals surface area contributed by atoms with Crippen LogP contribution in [-0.2, 0) is 12.8 Å². The molecule has 3 rings (SSSR count). The van der Waals surface area contributed by atoms with Crippen molar-refractivity contribution in [3.05, 3.63) is 40.3 Å². The molecule has 0 amide bonds. The lowest BCUT2D eigenvalue weighted by atomic mass is 10.2. The minimum Gasteiger partial charge on any atom is -0.437 e. The van der Waals surface area contributed by atoms with Gasteiger partial charge in [-0.15, -0.1) is 0 Å². The van der Waals surface area contributed by atoms with Gasteiger partial charge >= 0.3 is 0 Å². The Balaban J connectivity index is 1.98. The van der Waals surface area contributed by atoms with Crippen LogP contribution in [0, 0.1) is 0 Å². The highest BCUT2D eigenvalue weighted by atomic mass is 79.9. The molecule has 18 heavy (non-hydrogen) atoms. The van der Waals surface area contributed by atoms with E-state index in [0.29, 0.717) is 17.3 Å². The van der Waals surface area contributed by atoms with Crippen LogP contribution < -0.4 is 10.5 Å². The van der Waals surface area contributed by atoms with E-state index in [9.17, 15) is 0 Å². The number of aromatic nitrogens is 2. The molecule has 4 nitrogen and oxygen atoms in total. The van der Waals surface area contributed by atoms with Gasteiger partial charge in [0.25, 0.3) is 0 Å². The van der Waals surface area contributed by atoms with Gasteiger partial charge in [-0.25, -0.2) is 9.97 Å². The van der Waals surface area contributed by atoms with Crippen LogP contribution in [0.3, 0.4) is 0 Å². The number of hydrogen-bond donors (Lipinski definition) is 1. The number of hydrogen-bond acceptors (Lipinski definition) is 4. The Morgan fingerprint density at radius 2 is 2.11 bits per heavy atom. The molecule has 0 unspecified atom stereocenters. The van der Waals surface area contributed by atoms with E-state index < -0.39 is 0 Å². The van der Waals surface area contributed by atoms with Gasteiger partial charge in [0.15, 0.2) is 0 Å². The lowest BCUT2D eigenvalue weighted by Gasteiger charge is -2.10. The molecule has 0 saturated heterocycles. The largest absolute Gasteiger partial charge is 0.437 e. The van der Waals surface area contributed by atoms with E-state index in [2.05, 4.69) is 25.9 Å². The number of halogens is 1.